The molecule has 0 fully saturated rings. The molecule has 1 aromatic heterocycles. The largest absolute Gasteiger partial charge is 0.309 e. The third-order valence-corrected chi connectivity index (χ3v) is 11.6. The zero-order valence-corrected chi connectivity index (χ0v) is 30.4. The molecule has 0 aliphatic heterocycles. The van der Waals surface area contributed by atoms with Crippen molar-refractivity contribution in [1.29, 1.82) is 0 Å². The molecule has 0 unspecified atom stereocenters. The van der Waals surface area contributed by atoms with E-state index in [4.69, 9.17) is 0 Å². The first-order valence-corrected chi connectivity index (χ1v) is 19.3. The minimum absolute atomic E-state index is 1.10. The predicted octanol–water partition coefficient (Wildman–Crippen LogP) is 15.3. The van der Waals surface area contributed by atoms with Gasteiger partial charge in [0.2, 0.25) is 0 Å². The number of hydrogen-bond donors (Lipinski definition) is 0. The van der Waals surface area contributed by atoms with Crippen molar-refractivity contribution in [3.05, 3.63) is 212 Å². The van der Waals surface area contributed by atoms with Crippen LogP contribution in [0, 0.1) is 0 Å². The fraction of sp³-hybridized carbons (Fsp3) is 0. The van der Waals surface area contributed by atoms with Gasteiger partial charge in [0.15, 0.2) is 0 Å². The van der Waals surface area contributed by atoms with E-state index in [0.717, 1.165) is 17.1 Å². The fourth-order valence-electron chi connectivity index (χ4n) is 8.05. The van der Waals surface area contributed by atoms with Gasteiger partial charge in [-0.15, -0.1) is 11.3 Å². The van der Waals surface area contributed by atoms with Crippen LogP contribution < -0.4 is 4.90 Å². The van der Waals surface area contributed by atoms with Crippen molar-refractivity contribution in [2.45, 2.75) is 0 Å². The van der Waals surface area contributed by atoms with Crippen molar-refractivity contribution in [3.8, 4) is 44.5 Å². The minimum atomic E-state index is 1.10. The van der Waals surface area contributed by atoms with E-state index in [2.05, 4.69) is 217 Å². The molecule has 0 bridgehead atoms. The monoisotopic (exact) mass is 705 g/mol. The summed E-state index contributed by atoms with van der Waals surface area (Å²) in [5.41, 5.74) is 13.0. The third kappa shape index (κ3) is 5.56. The molecule has 10 rings (SSSR count). The van der Waals surface area contributed by atoms with Gasteiger partial charge in [-0.25, -0.2) is 0 Å². The molecule has 0 amide bonds. The molecule has 9 aromatic carbocycles. The van der Waals surface area contributed by atoms with Gasteiger partial charge in [-0.1, -0.05) is 176 Å². The van der Waals surface area contributed by atoms with Gasteiger partial charge in [-0.3, -0.25) is 0 Å². The summed E-state index contributed by atoms with van der Waals surface area (Å²) in [6, 6.07) is 77.2. The van der Waals surface area contributed by atoms with Crippen molar-refractivity contribution in [1.82, 2.24) is 0 Å². The number of benzene rings is 9. The first-order chi connectivity index (χ1) is 26.8. The second-order valence-corrected chi connectivity index (χ2v) is 14.7. The molecule has 0 N–H and O–H groups in total. The zero-order chi connectivity index (χ0) is 35.8. The van der Waals surface area contributed by atoms with Gasteiger partial charge in [0.25, 0.3) is 0 Å². The Bertz CT molecular complexity index is 2920. The Morgan fingerprint density at radius 3 is 1.63 bits per heavy atom. The summed E-state index contributed by atoms with van der Waals surface area (Å²) in [5, 5.41) is 5.05. The summed E-state index contributed by atoms with van der Waals surface area (Å²) in [7, 11) is 0. The van der Waals surface area contributed by atoms with Crippen molar-refractivity contribution in [2.75, 3.05) is 4.90 Å². The van der Waals surface area contributed by atoms with E-state index in [0.29, 0.717) is 0 Å². The Morgan fingerprint density at radius 1 is 0.315 bits per heavy atom. The molecule has 0 radical (unpaired) electrons. The molecule has 254 valence electrons. The lowest BCUT2D eigenvalue weighted by atomic mass is 9.87. The topological polar surface area (TPSA) is 3.24 Å². The second kappa shape index (κ2) is 13.7. The van der Waals surface area contributed by atoms with E-state index < -0.39 is 0 Å². The van der Waals surface area contributed by atoms with Crippen LogP contribution in [0.25, 0.3) is 75.5 Å². The van der Waals surface area contributed by atoms with Crippen LogP contribution in [0.5, 0.6) is 0 Å². The molecule has 0 aliphatic rings. The van der Waals surface area contributed by atoms with Gasteiger partial charge in [-0.05, 0) is 80.7 Å². The SMILES string of the molecule is c1ccc(-c2ccccc2-c2c(-c3ccccc3)cccc2N(c2ccc(-c3cccc4sc5ccccc5c34)cc2)c2cccc3ccccc23)cc1. The molecule has 0 saturated carbocycles. The summed E-state index contributed by atoms with van der Waals surface area (Å²) in [6.45, 7) is 0. The van der Waals surface area contributed by atoms with Crippen LogP contribution in [0.15, 0.2) is 212 Å². The number of thiophene rings is 1. The molecule has 1 heterocycles. The van der Waals surface area contributed by atoms with E-state index in [-0.39, 0.29) is 0 Å². The Labute approximate surface area is 319 Å². The van der Waals surface area contributed by atoms with Gasteiger partial charge >= 0.3 is 0 Å². The van der Waals surface area contributed by atoms with Crippen LogP contribution in [0.1, 0.15) is 0 Å². The van der Waals surface area contributed by atoms with Crippen molar-refractivity contribution >= 4 is 59.3 Å². The average Bonchev–Trinajstić information content (AvgIpc) is 3.64. The maximum Gasteiger partial charge on any atom is 0.0546 e. The quantitative estimate of drug-likeness (QED) is 0.160. The number of rotatable bonds is 7. The Morgan fingerprint density at radius 2 is 0.833 bits per heavy atom. The fourth-order valence-corrected chi connectivity index (χ4v) is 9.19. The lowest BCUT2D eigenvalue weighted by molar-refractivity contribution is 1.30. The van der Waals surface area contributed by atoms with Crippen molar-refractivity contribution in [3.63, 3.8) is 0 Å². The highest BCUT2D eigenvalue weighted by atomic mass is 32.1. The Balaban J connectivity index is 1.24. The van der Waals surface area contributed by atoms with Crippen LogP contribution in [0.3, 0.4) is 0 Å². The van der Waals surface area contributed by atoms with Gasteiger partial charge in [-0.2, -0.15) is 0 Å². The molecular weight excluding hydrogens is 671 g/mol. The first kappa shape index (κ1) is 32.0. The lowest BCUT2D eigenvalue weighted by Gasteiger charge is -2.31. The number of hydrogen-bond acceptors (Lipinski definition) is 2. The molecular formula is C52H35NS. The van der Waals surface area contributed by atoms with Gasteiger partial charge in [0, 0.05) is 36.8 Å². The summed E-state index contributed by atoms with van der Waals surface area (Å²) in [4.78, 5) is 2.47. The molecule has 54 heavy (non-hydrogen) atoms. The van der Waals surface area contributed by atoms with Crippen LogP contribution in [-0.2, 0) is 0 Å². The molecule has 0 spiro atoms. The first-order valence-electron chi connectivity index (χ1n) is 18.4. The Kier molecular flexibility index (Phi) is 8.09. The van der Waals surface area contributed by atoms with E-state index in [1.54, 1.807) is 0 Å². The highest BCUT2D eigenvalue weighted by molar-refractivity contribution is 7.25. The van der Waals surface area contributed by atoms with E-state index >= 15 is 0 Å². The van der Waals surface area contributed by atoms with Crippen LogP contribution in [0.2, 0.25) is 0 Å². The van der Waals surface area contributed by atoms with E-state index in [1.165, 1.54) is 75.5 Å². The van der Waals surface area contributed by atoms with Crippen LogP contribution >= 0.6 is 11.3 Å². The van der Waals surface area contributed by atoms with Crippen molar-refractivity contribution < 1.29 is 0 Å². The van der Waals surface area contributed by atoms with Crippen LogP contribution in [0.4, 0.5) is 17.1 Å². The summed E-state index contributed by atoms with van der Waals surface area (Å²) in [5.74, 6) is 0. The maximum absolute atomic E-state index is 2.47. The van der Waals surface area contributed by atoms with Gasteiger partial charge in [0.1, 0.15) is 0 Å². The molecule has 10 aromatic rings. The summed E-state index contributed by atoms with van der Waals surface area (Å²) >= 11 is 1.86. The molecule has 0 aliphatic carbocycles. The molecule has 1 nitrogen and oxygen atoms in total. The van der Waals surface area contributed by atoms with Gasteiger partial charge < -0.3 is 4.90 Å². The van der Waals surface area contributed by atoms with E-state index in [9.17, 15) is 0 Å². The third-order valence-electron chi connectivity index (χ3n) is 10.5. The molecule has 2 heteroatoms. The average molecular weight is 706 g/mol. The van der Waals surface area contributed by atoms with E-state index in [1.807, 2.05) is 11.3 Å². The van der Waals surface area contributed by atoms with Gasteiger partial charge in [0.05, 0.1) is 11.4 Å². The second-order valence-electron chi connectivity index (χ2n) is 13.6. The van der Waals surface area contributed by atoms with Crippen molar-refractivity contribution in [2.24, 2.45) is 0 Å². The maximum atomic E-state index is 2.47. The van der Waals surface area contributed by atoms with Crippen LogP contribution in [-0.4, -0.2) is 0 Å². The zero-order valence-electron chi connectivity index (χ0n) is 29.6. The minimum Gasteiger partial charge on any atom is -0.309 e. The smallest absolute Gasteiger partial charge is 0.0546 e. The summed E-state index contributed by atoms with van der Waals surface area (Å²) in [6.07, 6.45) is 0. The highest BCUT2D eigenvalue weighted by Gasteiger charge is 2.24. The lowest BCUT2D eigenvalue weighted by Crippen LogP contribution is -2.12. The Hall–Kier alpha value is -6.74. The summed E-state index contributed by atoms with van der Waals surface area (Å²) < 4.78 is 2.63. The standard InChI is InChI=1S/C52H35NS/c1-3-16-36(17-4-1)41-22-9-10-24-45(41)51-43(38-18-5-2-6-19-38)26-14-29-48(51)53(47-28-13-21-37-20-7-8-23-42(37)47)40-34-32-39(33-35-40)44-27-15-31-50-52(44)46-25-11-12-30-49(46)54-50/h1-35H. The molecule has 0 saturated heterocycles. The highest BCUT2D eigenvalue weighted by Crippen LogP contribution is 2.49. The number of fused-ring (bicyclic) bond motifs is 4. The normalized spacial score (nSPS) is 11.3. The predicted molar refractivity (Wildman–Crippen MR) is 233 cm³/mol. The molecule has 0 atom stereocenters. The number of anilines is 3. The number of nitrogens with zero attached hydrogens (tertiary/aromatic N) is 1.